The summed E-state index contributed by atoms with van der Waals surface area (Å²) >= 11 is 1.24. The van der Waals surface area contributed by atoms with E-state index in [0.717, 1.165) is 6.42 Å². The van der Waals surface area contributed by atoms with Crippen LogP contribution in [0.2, 0.25) is 0 Å². The van der Waals surface area contributed by atoms with E-state index in [2.05, 4.69) is 4.99 Å². The number of aromatic nitrogens is 1. The third kappa shape index (κ3) is 4.04. The summed E-state index contributed by atoms with van der Waals surface area (Å²) < 4.78 is 7.07. The van der Waals surface area contributed by atoms with E-state index < -0.39 is 10.9 Å². The summed E-state index contributed by atoms with van der Waals surface area (Å²) in [5.41, 5.74) is 1.34. The molecule has 2 heterocycles. The SMILES string of the molecule is CCC[C@@H]1N=c2s/c(=C\c3ccc([N+](=O)[O-])cc3)c(=O)n2C(C)=C1C(=O)OCC. The number of carbonyl (C=O) groups excluding carboxylic acids is 1. The van der Waals surface area contributed by atoms with Gasteiger partial charge >= 0.3 is 5.97 Å². The van der Waals surface area contributed by atoms with Crippen LogP contribution in [-0.4, -0.2) is 28.1 Å². The number of nitro benzene ring substituents is 1. The number of fused-ring (bicyclic) bond motifs is 1. The van der Waals surface area contributed by atoms with Crippen LogP contribution in [0.1, 0.15) is 39.2 Å². The number of hydrogen-bond acceptors (Lipinski definition) is 7. The molecule has 0 amide bonds. The predicted molar refractivity (Wildman–Crippen MR) is 110 cm³/mol. The Bertz CT molecular complexity index is 1160. The zero-order valence-electron chi connectivity index (χ0n) is 16.4. The molecule has 0 saturated heterocycles. The number of ether oxygens (including phenoxy) is 1. The zero-order valence-corrected chi connectivity index (χ0v) is 17.2. The van der Waals surface area contributed by atoms with Gasteiger partial charge in [0.2, 0.25) is 0 Å². The minimum absolute atomic E-state index is 0.0143. The fourth-order valence-corrected chi connectivity index (χ4v) is 4.30. The Hall–Kier alpha value is -3.07. The molecule has 0 saturated carbocycles. The van der Waals surface area contributed by atoms with E-state index in [-0.39, 0.29) is 23.9 Å². The third-order valence-corrected chi connectivity index (χ3v) is 5.57. The van der Waals surface area contributed by atoms with E-state index in [0.29, 0.717) is 32.6 Å². The molecule has 152 valence electrons. The van der Waals surface area contributed by atoms with Gasteiger partial charge in [0.1, 0.15) is 0 Å². The van der Waals surface area contributed by atoms with Crippen molar-refractivity contribution in [3.05, 3.63) is 65.2 Å². The van der Waals surface area contributed by atoms with E-state index in [1.54, 1.807) is 32.1 Å². The summed E-state index contributed by atoms with van der Waals surface area (Å²) in [5, 5.41) is 10.8. The van der Waals surface area contributed by atoms with Crippen molar-refractivity contribution in [3.8, 4) is 0 Å². The van der Waals surface area contributed by atoms with Gasteiger partial charge < -0.3 is 4.74 Å². The molecule has 0 aliphatic carbocycles. The van der Waals surface area contributed by atoms with E-state index in [1.165, 1.54) is 28.0 Å². The van der Waals surface area contributed by atoms with Gasteiger partial charge in [-0.25, -0.2) is 9.79 Å². The standard InChI is InChI=1S/C20H21N3O5S/c1-4-6-15-17(19(25)28-5-2)12(3)22-18(24)16(29-20(22)21-15)11-13-7-9-14(10-8-13)23(26)27/h7-11,15H,4-6H2,1-3H3/b16-11-/t15-/m0/s1. The van der Waals surface area contributed by atoms with Gasteiger partial charge in [0, 0.05) is 17.8 Å². The molecule has 0 fully saturated rings. The van der Waals surface area contributed by atoms with E-state index in [4.69, 9.17) is 4.74 Å². The maximum atomic E-state index is 13.0. The first-order valence-corrected chi connectivity index (χ1v) is 10.1. The maximum absolute atomic E-state index is 13.0. The highest BCUT2D eigenvalue weighted by Gasteiger charge is 2.29. The molecule has 1 aliphatic heterocycles. The Morgan fingerprint density at radius 3 is 2.62 bits per heavy atom. The number of carbonyl (C=O) groups is 1. The quantitative estimate of drug-likeness (QED) is 0.409. The highest BCUT2D eigenvalue weighted by molar-refractivity contribution is 7.07. The fourth-order valence-electron chi connectivity index (χ4n) is 3.23. The highest BCUT2D eigenvalue weighted by Crippen LogP contribution is 2.23. The van der Waals surface area contributed by atoms with Gasteiger partial charge in [0.15, 0.2) is 4.80 Å². The Morgan fingerprint density at radius 1 is 1.34 bits per heavy atom. The van der Waals surface area contributed by atoms with Gasteiger partial charge in [-0.05, 0) is 44.0 Å². The zero-order chi connectivity index (χ0) is 21.1. The molecule has 0 unspecified atom stereocenters. The molecule has 1 aromatic carbocycles. The van der Waals surface area contributed by atoms with Crippen LogP contribution in [0.5, 0.6) is 0 Å². The molecule has 9 heteroatoms. The second-order valence-corrected chi connectivity index (χ2v) is 7.54. The number of nitrogens with zero attached hydrogens (tertiary/aromatic N) is 3. The monoisotopic (exact) mass is 415 g/mol. The van der Waals surface area contributed by atoms with Crippen molar-refractivity contribution in [2.24, 2.45) is 4.99 Å². The summed E-state index contributed by atoms with van der Waals surface area (Å²) in [5.74, 6) is -0.447. The summed E-state index contributed by atoms with van der Waals surface area (Å²) in [6.07, 6.45) is 3.18. The number of hydrogen-bond donors (Lipinski definition) is 0. The molecule has 29 heavy (non-hydrogen) atoms. The van der Waals surface area contributed by atoms with Crippen LogP contribution in [-0.2, 0) is 9.53 Å². The Balaban J connectivity index is 2.14. The predicted octanol–water partition coefficient (Wildman–Crippen LogP) is 2.24. The highest BCUT2D eigenvalue weighted by atomic mass is 32.1. The Morgan fingerprint density at radius 2 is 2.03 bits per heavy atom. The van der Waals surface area contributed by atoms with Crippen molar-refractivity contribution in [1.29, 1.82) is 0 Å². The molecular weight excluding hydrogens is 394 g/mol. The number of allylic oxidation sites excluding steroid dienone is 1. The second-order valence-electron chi connectivity index (χ2n) is 6.54. The Kier molecular flexibility index (Phi) is 6.07. The lowest BCUT2D eigenvalue weighted by atomic mass is 10.00. The number of thiazole rings is 1. The molecule has 8 nitrogen and oxygen atoms in total. The number of esters is 1. The van der Waals surface area contributed by atoms with Gasteiger partial charge in [0.05, 0.1) is 27.7 Å². The molecular formula is C20H21N3O5S. The summed E-state index contributed by atoms with van der Waals surface area (Å²) in [6, 6.07) is 5.62. The minimum Gasteiger partial charge on any atom is -0.463 e. The molecule has 3 rings (SSSR count). The average molecular weight is 415 g/mol. The van der Waals surface area contributed by atoms with E-state index in [9.17, 15) is 19.7 Å². The molecule has 2 aromatic rings. The molecule has 1 atom stereocenters. The maximum Gasteiger partial charge on any atom is 0.337 e. The molecule has 0 radical (unpaired) electrons. The van der Waals surface area contributed by atoms with Crippen LogP contribution in [0.4, 0.5) is 5.69 Å². The van der Waals surface area contributed by atoms with Gasteiger partial charge in [-0.15, -0.1) is 0 Å². The molecule has 0 spiro atoms. The largest absolute Gasteiger partial charge is 0.463 e. The van der Waals surface area contributed by atoms with Crippen LogP contribution in [0.15, 0.2) is 39.6 Å². The van der Waals surface area contributed by atoms with Gasteiger partial charge in [-0.2, -0.15) is 0 Å². The van der Waals surface area contributed by atoms with Crippen LogP contribution in [0.25, 0.3) is 11.8 Å². The third-order valence-electron chi connectivity index (χ3n) is 4.59. The second kappa shape index (κ2) is 8.52. The van der Waals surface area contributed by atoms with Gasteiger partial charge in [-0.1, -0.05) is 24.7 Å². The first kappa shape index (κ1) is 20.7. The van der Waals surface area contributed by atoms with Crippen LogP contribution >= 0.6 is 11.3 Å². The number of non-ortho nitro benzene ring substituents is 1. The van der Waals surface area contributed by atoms with E-state index in [1.807, 2.05) is 6.92 Å². The summed E-state index contributed by atoms with van der Waals surface area (Å²) in [6.45, 7) is 5.73. The lowest BCUT2D eigenvalue weighted by Gasteiger charge is -2.21. The molecule has 1 aliphatic rings. The molecule has 0 N–H and O–H groups in total. The fraction of sp³-hybridized carbons (Fsp3) is 0.350. The first-order chi connectivity index (χ1) is 13.9. The normalized spacial score (nSPS) is 16.4. The van der Waals surface area contributed by atoms with Crippen molar-refractivity contribution in [3.63, 3.8) is 0 Å². The van der Waals surface area contributed by atoms with Crippen molar-refractivity contribution in [1.82, 2.24) is 4.57 Å². The molecule has 0 bridgehead atoms. The number of rotatable bonds is 6. The van der Waals surface area contributed by atoms with Crippen molar-refractivity contribution >= 4 is 34.8 Å². The van der Waals surface area contributed by atoms with Gasteiger partial charge in [0.25, 0.3) is 11.2 Å². The van der Waals surface area contributed by atoms with Crippen molar-refractivity contribution in [2.45, 2.75) is 39.7 Å². The van der Waals surface area contributed by atoms with Crippen LogP contribution in [0, 0.1) is 10.1 Å². The lowest BCUT2D eigenvalue weighted by Crippen LogP contribution is -2.37. The van der Waals surface area contributed by atoms with Gasteiger partial charge in [-0.3, -0.25) is 19.5 Å². The number of benzene rings is 1. The topological polar surface area (TPSA) is 104 Å². The number of nitro groups is 1. The van der Waals surface area contributed by atoms with E-state index >= 15 is 0 Å². The van der Waals surface area contributed by atoms with Crippen molar-refractivity contribution in [2.75, 3.05) is 6.61 Å². The molecule has 1 aromatic heterocycles. The minimum atomic E-state index is -0.472. The average Bonchev–Trinajstić information content (AvgIpc) is 2.98. The Labute approximate surface area is 170 Å². The van der Waals surface area contributed by atoms with Crippen LogP contribution in [0.3, 0.4) is 0 Å². The summed E-state index contributed by atoms with van der Waals surface area (Å²) in [7, 11) is 0. The lowest BCUT2D eigenvalue weighted by molar-refractivity contribution is -0.384. The van der Waals surface area contributed by atoms with Crippen molar-refractivity contribution < 1.29 is 14.5 Å². The summed E-state index contributed by atoms with van der Waals surface area (Å²) in [4.78, 5) is 41.0. The first-order valence-electron chi connectivity index (χ1n) is 9.31. The van der Waals surface area contributed by atoms with Crippen LogP contribution < -0.4 is 14.9 Å². The smallest absolute Gasteiger partial charge is 0.337 e.